The molecule has 21 heavy (non-hydrogen) atoms. The molecule has 3 amide bonds. The average molecular weight is 286 g/mol. The van der Waals surface area contributed by atoms with E-state index in [1.807, 2.05) is 29.1 Å². The summed E-state index contributed by atoms with van der Waals surface area (Å²) in [6.07, 6.45) is 3.73. The highest BCUT2D eigenvalue weighted by atomic mass is 16.2. The van der Waals surface area contributed by atoms with Gasteiger partial charge in [0, 0.05) is 23.6 Å². The summed E-state index contributed by atoms with van der Waals surface area (Å²) in [6.45, 7) is 0. The van der Waals surface area contributed by atoms with Gasteiger partial charge < -0.3 is 21.4 Å². The molecule has 2 aromatic rings. The van der Waals surface area contributed by atoms with Crippen LogP contribution in [0.2, 0.25) is 0 Å². The molecular formula is C14H14N4O3. The Kier molecular flexibility index (Phi) is 4.03. The summed E-state index contributed by atoms with van der Waals surface area (Å²) < 4.78 is 1.87. The average Bonchev–Trinajstić information content (AvgIpc) is 2.98. The molecule has 0 saturated heterocycles. The maximum Gasteiger partial charge on any atom is 0.252 e. The first kappa shape index (κ1) is 14.3. The van der Waals surface area contributed by atoms with E-state index in [1.165, 1.54) is 0 Å². The molecule has 0 unspecified atom stereocenters. The Labute approximate surface area is 120 Å². The van der Waals surface area contributed by atoms with E-state index in [0.29, 0.717) is 5.56 Å². The lowest BCUT2D eigenvalue weighted by Crippen LogP contribution is -2.52. The van der Waals surface area contributed by atoms with Crippen LogP contribution in [0, 0.1) is 0 Å². The summed E-state index contributed by atoms with van der Waals surface area (Å²) in [4.78, 5) is 34.0. The van der Waals surface area contributed by atoms with Gasteiger partial charge >= 0.3 is 0 Å². The number of nitrogens with one attached hydrogen (secondary N) is 1. The number of nitrogens with two attached hydrogens (primary N) is 2. The van der Waals surface area contributed by atoms with Crippen molar-refractivity contribution in [2.24, 2.45) is 11.5 Å². The van der Waals surface area contributed by atoms with Crippen LogP contribution in [-0.2, 0) is 9.59 Å². The predicted octanol–water partition coefficient (Wildman–Crippen LogP) is -0.454. The molecule has 1 heterocycles. The molecule has 0 bridgehead atoms. The second kappa shape index (κ2) is 5.91. The molecule has 0 spiro atoms. The zero-order chi connectivity index (χ0) is 15.4. The zero-order valence-electron chi connectivity index (χ0n) is 11.0. The molecule has 1 aromatic carbocycles. The Bertz CT molecular complexity index is 648. The molecule has 2 rings (SSSR count). The Morgan fingerprint density at radius 1 is 0.952 bits per heavy atom. The zero-order valence-corrected chi connectivity index (χ0v) is 11.0. The number of amides is 3. The van der Waals surface area contributed by atoms with Crippen LogP contribution in [-0.4, -0.2) is 28.3 Å². The molecular weight excluding hydrogens is 272 g/mol. The van der Waals surface area contributed by atoms with Crippen molar-refractivity contribution >= 4 is 17.7 Å². The minimum Gasteiger partial charge on any atom is -0.367 e. The fourth-order valence-electron chi connectivity index (χ4n) is 1.79. The third-order valence-corrected chi connectivity index (χ3v) is 2.88. The predicted molar refractivity (Wildman–Crippen MR) is 75.4 cm³/mol. The lowest BCUT2D eigenvalue weighted by Gasteiger charge is -2.12. The minimum absolute atomic E-state index is 0.290. The van der Waals surface area contributed by atoms with Gasteiger partial charge in [0.25, 0.3) is 5.91 Å². The van der Waals surface area contributed by atoms with E-state index in [1.54, 1.807) is 24.3 Å². The minimum atomic E-state index is -1.53. The SMILES string of the molecule is NC(=O)C(NC(=O)c1ccc(-n2cccc2)cc1)C(N)=O. The van der Waals surface area contributed by atoms with Crippen LogP contribution in [0.25, 0.3) is 5.69 Å². The van der Waals surface area contributed by atoms with Crippen molar-refractivity contribution in [2.75, 3.05) is 0 Å². The van der Waals surface area contributed by atoms with E-state index >= 15 is 0 Å². The second-order valence-corrected chi connectivity index (χ2v) is 4.35. The second-order valence-electron chi connectivity index (χ2n) is 4.35. The molecule has 0 aliphatic rings. The fraction of sp³-hybridized carbons (Fsp3) is 0.0714. The van der Waals surface area contributed by atoms with Crippen molar-refractivity contribution in [3.8, 4) is 5.69 Å². The van der Waals surface area contributed by atoms with E-state index in [2.05, 4.69) is 5.32 Å². The third kappa shape index (κ3) is 3.27. The van der Waals surface area contributed by atoms with Crippen molar-refractivity contribution in [3.63, 3.8) is 0 Å². The third-order valence-electron chi connectivity index (χ3n) is 2.88. The van der Waals surface area contributed by atoms with Crippen molar-refractivity contribution in [1.82, 2.24) is 9.88 Å². The number of nitrogens with zero attached hydrogens (tertiary/aromatic N) is 1. The first-order chi connectivity index (χ1) is 9.99. The number of carbonyl (C=O) groups is 3. The number of hydrogen-bond acceptors (Lipinski definition) is 3. The van der Waals surface area contributed by atoms with Crippen LogP contribution >= 0.6 is 0 Å². The fourth-order valence-corrected chi connectivity index (χ4v) is 1.79. The molecule has 0 aliphatic carbocycles. The number of rotatable bonds is 5. The largest absolute Gasteiger partial charge is 0.367 e. The summed E-state index contributed by atoms with van der Waals surface area (Å²) in [6, 6.07) is 8.85. The van der Waals surface area contributed by atoms with E-state index in [4.69, 9.17) is 11.5 Å². The first-order valence-corrected chi connectivity index (χ1v) is 6.12. The van der Waals surface area contributed by atoms with Crippen LogP contribution in [0.5, 0.6) is 0 Å². The Morgan fingerprint density at radius 3 is 1.95 bits per heavy atom. The lowest BCUT2D eigenvalue weighted by molar-refractivity contribution is -0.128. The van der Waals surface area contributed by atoms with Crippen LogP contribution in [0.3, 0.4) is 0 Å². The van der Waals surface area contributed by atoms with Gasteiger partial charge in [-0.15, -0.1) is 0 Å². The van der Waals surface area contributed by atoms with Crippen LogP contribution in [0.4, 0.5) is 0 Å². The Balaban J connectivity index is 2.13. The summed E-state index contributed by atoms with van der Waals surface area (Å²) in [5.41, 5.74) is 11.2. The Morgan fingerprint density at radius 2 is 1.48 bits per heavy atom. The molecule has 7 heteroatoms. The smallest absolute Gasteiger partial charge is 0.252 e. The van der Waals surface area contributed by atoms with Gasteiger partial charge in [0.1, 0.15) is 0 Å². The van der Waals surface area contributed by atoms with Crippen molar-refractivity contribution < 1.29 is 14.4 Å². The Hall–Kier alpha value is -3.09. The van der Waals surface area contributed by atoms with Gasteiger partial charge in [-0.05, 0) is 36.4 Å². The number of carbonyl (C=O) groups excluding carboxylic acids is 3. The quantitative estimate of drug-likeness (QED) is 0.645. The van der Waals surface area contributed by atoms with Gasteiger partial charge in [0.15, 0.2) is 6.04 Å². The van der Waals surface area contributed by atoms with E-state index in [9.17, 15) is 14.4 Å². The van der Waals surface area contributed by atoms with Crippen molar-refractivity contribution in [2.45, 2.75) is 6.04 Å². The molecule has 0 fully saturated rings. The van der Waals surface area contributed by atoms with Gasteiger partial charge in [0.05, 0.1) is 0 Å². The number of aromatic nitrogens is 1. The standard InChI is InChI=1S/C14H14N4O3/c15-12(19)11(13(16)20)17-14(21)9-3-5-10(6-4-9)18-7-1-2-8-18/h1-8,11H,(H2,15,19)(H2,16,20)(H,17,21). The number of benzene rings is 1. The molecule has 0 atom stereocenters. The monoisotopic (exact) mass is 286 g/mol. The highest BCUT2D eigenvalue weighted by molar-refractivity contribution is 6.08. The molecule has 0 saturated carbocycles. The summed E-state index contributed by atoms with van der Waals surface area (Å²) in [5.74, 6) is -2.60. The van der Waals surface area contributed by atoms with E-state index < -0.39 is 23.8 Å². The van der Waals surface area contributed by atoms with E-state index in [0.717, 1.165) is 5.69 Å². The van der Waals surface area contributed by atoms with Crippen molar-refractivity contribution in [1.29, 1.82) is 0 Å². The molecule has 1 aromatic heterocycles. The van der Waals surface area contributed by atoms with E-state index in [-0.39, 0.29) is 0 Å². The maximum absolute atomic E-state index is 11.9. The van der Waals surface area contributed by atoms with Gasteiger partial charge in [-0.2, -0.15) is 0 Å². The summed E-state index contributed by atoms with van der Waals surface area (Å²) >= 11 is 0. The highest BCUT2D eigenvalue weighted by Gasteiger charge is 2.24. The molecule has 108 valence electrons. The topological polar surface area (TPSA) is 120 Å². The van der Waals surface area contributed by atoms with Gasteiger partial charge in [-0.3, -0.25) is 14.4 Å². The summed E-state index contributed by atoms with van der Waals surface area (Å²) in [5, 5.41) is 2.19. The van der Waals surface area contributed by atoms with Crippen LogP contribution < -0.4 is 16.8 Å². The number of primary amides is 2. The van der Waals surface area contributed by atoms with Crippen LogP contribution in [0.1, 0.15) is 10.4 Å². The summed E-state index contributed by atoms with van der Waals surface area (Å²) in [7, 11) is 0. The molecule has 5 N–H and O–H groups in total. The first-order valence-electron chi connectivity index (χ1n) is 6.12. The van der Waals surface area contributed by atoms with Gasteiger partial charge in [-0.1, -0.05) is 0 Å². The normalized spacial score (nSPS) is 10.3. The molecule has 0 aliphatic heterocycles. The number of hydrogen-bond donors (Lipinski definition) is 3. The molecule has 0 radical (unpaired) electrons. The van der Waals surface area contributed by atoms with Gasteiger partial charge in [-0.25, -0.2) is 0 Å². The lowest BCUT2D eigenvalue weighted by atomic mass is 10.1. The highest BCUT2D eigenvalue weighted by Crippen LogP contribution is 2.10. The maximum atomic E-state index is 11.9. The van der Waals surface area contributed by atoms with Crippen molar-refractivity contribution in [3.05, 3.63) is 54.4 Å². The molecule has 7 nitrogen and oxygen atoms in total. The van der Waals surface area contributed by atoms with Crippen LogP contribution in [0.15, 0.2) is 48.8 Å². The van der Waals surface area contributed by atoms with Gasteiger partial charge in [0.2, 0.25) is 11.8 Å².